The van der Waals surface area contributed by atoms with Crippen molar-refractivity contribution in [1.82, 2.24) is 4.31 Å². The number of nitrogens with zero attached hydrogens (tertiary/aromatic N) is 1. The first-order valence-corrected chi connectivity index (χ1v) is 11.9. The van der Waals surface area contributed by atoms with E-state index >= 15 is 0 Å². The summed E-state index contributed by atoms with van der Waals surface area (Å²) in [6.07, 6.45) is 2.87. The Balaban J connectivity index is 1.60. The number of ether oxygens (including phenoxy) is 1. The number of methoxy groups -OCH3 is 1. The second-order valence-electron chi connectivity index (χ2n) is 6.91. The van der Waals surface area contributed by atoms with Crippen LogP contribution in [0.3, 0.4) is 0 Å². The second kappa shape index (κ2) is 9.65. The molecule has 1 N–H and O–H groups in total. The minimum atomic E-state index is -3.46. The van der Waals surface area contributed by atoms with Crippen LogP contribution in [-0.4, -0.2) is 44.1 Å². The third kappa shape index (κ3) is 5.52. The Hall–Kier alpha value is -2.03. The molecule has 0 unspecified atom stereocenters. The summed E-state index contributed by atoms with van der Waals surface area (Å²) < 4.78 is 32.1. The predicted octanol–water partition coefficient (Wildman–Crippen LogP) is 3.99. The molecule has 1 aliphatic rings. The third-order valence-electron chi connectivity index (χ3n) is 4.82. The van der Waals surface area contributed by atoms with Gasteiger partial charge in [-0.25, -0.2) is 8.42 Å². The number of amides is 1. The minimum absolute atomic E-state index is 0.141. The summed E-state index contributed by atoms with van der Waals surface area (Å²) in [6, 6.07) is 13.9. The molecule has 156 valence electrons. The van der Waals surface area contributed by atoms with Crippen molar-refractivity contribution in [3.05, 3.63) is 48.5 Å². The number of benzene rings is 2. The van der Waals surface area contributed by atoms with Crippen molar-refractivity contribution >= 4 is 33.4 Å². The van der Waals surface area contributed by atoms with Crippen LogP contribution in [-0.2, 0) is 14.8 Å². The number of carbonyl (C=O) groups is 1. The molecule has 3 rings (SSSR count). The summed E-state index contributed by atoms with van der Waals surface area (Å²) in [5, 5.41) is 2.54. The standard InChI is InChI=1S/C21H26N2O4S2/c1-16(28-19-10-8-18(27-2)9-11-19)21(24)22-17-6-12-20(13-7-17)29(25,26)23-14-4-3-5-15-23/h6-13,16H,3-5,14-15H2,1-2H3,(H,22,24)/t16-/m0/s1. The topological polar surface area (TPSA) is 75.7 Å². The molecule has 0 radical (unpaired) electrons. The lowest BCUT2D eigenvalue weighted by Gasteiger charge is -2.25. The second-order valence-corrected chi connectivity index (χ2v) is 10.3. The Morgan fingerprint density at radius 1 is 1.03 bits per heavy atom. The maximum absolute atomic E-state index is 12.7. The molecule has 2 aromatic carbocycles. The van der Waals surface area contributed by atoms with E-state index in [1.807, 2.05) is 31.2 Å². The van der Waals surface area contributed by atoms with Crippen molar-refractivity contribution in [2.45, 2.75) is 41.2 Å². The molecule has 0 saturated carbocycles. The van der Waals surface area contributed by atoms with Gasteiger partial charge < -0.3 is 10.1 Å². The van der Waals surface area contributed by atoms with Crippen molar-refractivity contribution in [3.63, 3.8) is 0 Å². The Morgan fingerprint density at radius 2 is 1.66 bits per heavy atom. The minimum Gasteiger partial charge on any atom is -0.497 e. The monoisotopic (exact) mass is 434 g/mol. The molecule has 1 atom stereocenters. The van der Waals surface area contributed by atoms with E-state index in [4.69, 9.17) is 4.74 Å². The van der Waals surface area contributed by atoms with E-state index in [9.17, 15) is 13.2 Å². The van der Waals surface area contributed by atoms with Gasteiger partial charge in [-0.15, -0.1) is 11.8 Å². The van der Waals surface area contributed by atoms with Gasteiger partial charge in [-0.3, -0.25) is 4.79 Å². The molecule has 1 heterocycles. The smallest absolute Gasteiger partial charge is 0.243 e. The average molecular weight is 435 g/mol. The molecule has 8 heteroatoms. The normalized spacial score (nSPS) is 16.2. The van der Waals surface area contributed by atoms with Crippen LogP contribution in [0, 0.1) is 0 Å². The lowest BCUT2D eigenvalue weighted by molar-refractivity contribution is -0.115. The zero-order valence-corrected chi connectivity index (χ0v) is 18.3. The summed E-state index contributed by atoms with van der Waals surface area (Å²) in [4.78, 5) is 13.7. The highest BCUT2D eigenvalue weighted by molar-refractivity contribution is 8.00. The Labute approximate surface area is 176 Å². The fourth-order valence-corrected chi connectivity index (χ4v) is 5.50. The maximum atomic E-state index is 12.7. The number of carbonyl (C=O) groups excluding carboxylic acids is 1. The fraction of sp³-hybridized carbons (Fsp3) is 0.381. The molecular formula is C21H26N2O4S2. The SMILES string of the molecule is COc1ccc(S[C@@H](C)C(=O)Nc2ccc(S(=O)(=O)N3CCCCC3)cc2)cc1. The van der Waals surface area contributed by atoms with Crippen molar-refractivity contribution in [2.75, 3.05) is 25.5 Å². The molecule has 6 nitrogen and oxygen atoms in total. The lowest BCUT2D eigenvalue weighted by Crippen LogP contribution is -2.35. The lowest BCUT2D eigenvalue weighted by atomic mass is 10.2. The number of sulfonamides is 1. The highest BCUT2D eigenvalue weighted by atomic mass is 32.2. The van der Waals surface area contributed by atoms with E-state index < -0.39 is 10.0 Å². The van der Waals surface area contributed by atoms with Gasteiger partial charge in [-0.2, -0.15) is 4.31 Å². The summed E-state index contributed by atoms with van der Waals surface area (Å²) in [6.45, 7) is 2.97. The van der Waals surface area contributed by atoms with Crippen molar-refractivity contribution < 1.29 is 17.9 Å². The number of anilines is 1. The van der Waals surface area contributed by atoms with Crippen LogP contribution >= 0.6 is 11.8 Å². The zero-order valence-electron chi connectivity index (χ0n) is 16.6. The summed E-state index contributed by atoms with van der Waals surface area (Å²) >= 11 is 1.45. The number of nitrogens with one attached hydrogen (secondary N) is 1. The maximum Gasteiger partial charge on any atom is 0.243 e. The van der Waals surface area contributed by atoms with Crippen LogP contribution in [0.25, 0.3) is 0 Å². The van der Waals surface area contributed by atoms with E-state index in [2.05, 4.69) is 5.32 Å². The van der Waals surface area contributed by atoms with E-state index in [0.29, 0.717) is 18.8 Å². The van der Waals surface area contributed by atoms with Crippen LogP contribution in [0.2, 0.25) is 0 Å². The molecule has 0 aliphatic carbocycles. The molecule has 1 fully saturated rings. The molecule has 29 heavy (non-hydrogen) atoms. The molecule has 1 saturated heterocycles. The van der Waals surface area contributed by atoms with Crippen LogP contribution < -0.4 is 10.1 Å². The third-order valence-corrected chi connectivity index (χ3v) is 7.84. The van der Waals surface area contributed by atoms with Gasteiger partial charge in [0.2, 0.25) is 15.9 Å². The number of piperidine rings is 1. The van der Waals surface area contributed by atoms with Crippen LogP contribution in [0.5, 0.6) is 5.75 Å². The molecule has 1 amide bonds. The number of hydrogen-bond donors (Lipinski definition) is 1. The zero-order chi connectivity index (χ0) is 20.9. The van der Waals surface area contributed by atoms with Crippen molar-refractivity contribution in [2.24, 2.45) is 0 Å². The van der Waals surface area contributed by atoms with Gasteiger partial charge in [0.25, 0.3) is 0 Å². The van der Waals surface area contributed by atoms with Crippen LogP contribution in [0.15, 0.2) is 58.3 Å². The van der Waals surface area contributed by atoms with Crippen LogP contribution in [0.4, 0.5) is 5.69 Å². The van der Waals surface area contributed by atoms with Gasteiger partial charge in [0.1, 0.15) is 5.75 Å². The number of thioether (sulfide) groups is 1. The molecule has 0 bridgehead atoms. The number of rotatable bonds is 7. The first kappa shape index (κ1) is 21.7. The van der Waals surface area contributed by atoms with Gasteiger partial charge in [0.05, 0.1) is 17.3 Å². The first-order valence-electron chi connectivity index (χ1n) is 9.62. The van der Waals surface area contributed by atoms with E-state index in [0.717, 1.165) is 29.9 Å². The van der Waals surface area contributed by atoms with Crippen molar-refractivity contribution in [1.29, 1.82) is 0 Å². The number of hydrogen-bond acceptors (Lipinski definition) is 5. The molecule has 1 aliphatic heterocycles. The fourth-order valence-electron chi connectivity index (χ4n) is 3.12. The van der Waals surface area contributed by atoms with Crippen LogP contribution in [0.1, 0.15) is 26.2 Å². The average Bonchev–Trinajstić information content (AvgIpc) is 2.75. The highest BCUT2D eigenvalue weighted by Gasteiger charge is 2.25. The Bertz CT molecular complexity index is 922. The van der Waals surface area contributed by atoms with Gasteiger partial charge >= 0.3 is 0 Å². The largest absolute Gasteiger partial charge is 0.497 e. The summed E-state index contributed by atoms with van der Waals surface area (Å²) in [5.74, 6) is 0.628. The Kier molecular flexibility index (Phi) is 7.21. The van der Waals surface area contributed by atoms with Crippen molar-refractivity contribution in [3.8, 4) is 5.75 Å². The summed E-state index contributed by atoms with van der Waals surface area (Å²) in [5.41, 5.74) is 0.578. The molecule has 2 aromatic rings. The quantitative estimate of drug-likeness (QED) is 0.667. The van der Waals surface area contributed by atoms with Gasteiger partial charge in [-0.05, 0) is 68.3 Å². The van der Waals surface area contributed by atoms with Gasteiger partial charge in [-0.1, -0.05) is 6.42 Å². The molecule has 0 spiro atoms. The predicted molar refractivity (Wildman–Crippen MR) is 116 cm³/mol. The molecule has 0 aromatic heterocycles. The summed E-state index contributed by atoms with van der Waals surface area (Å²) in [7, 11) is -1.85. The van der Waals surface area contributed by atoms with E-state index in [-0.39, 0.29) is 16.1 Å². The van der Waals surface area contributed by atoms with E-state index in [1.54, 1.807) is 31.4 Å². The Morgan fingerprint density at radius 3 is 2.24 bits per heavy atom. The van der Waals surface area contributed by atoms with E-state index in [1.165, 1.54) is 16.1 Å². The highest BCUT2D eigenvalue weighted by Crippen LogP contribution is 2.27. The van der Waals surface area contributed by atoms with Gasteiger partial charge in [0.15, 0.2) is 0 Å². The van der Waals surface area contributed by atoms with Gasteiger partial charge in [0, 0.05) is 23.7 Å². The molecular weight excluding hydrogens is 408 g/mol. The first-order chi connectivity index (χ1) is 13.9.